The van der Waals surface area contributed by atoms with Gasteiger partial charge in [-0.3, -0.25) is 0 Å². The number of halogens is 1. The molecule has 4 aromatic rings. The Balaban J connectivity index is 0.00000324. The molecule has 4 rings (SSSR count). The fourth-order valence-electron chi connectivity index (χ4n) is 4.30. The van der Waals surface area contributed by atoms with Crippen LogP contribution in [-0.2, 0) is 6.42 Å². The van der Waals surface area contributed by atoms with Crippen LogP contribution >= 0.6 is 0 Å². The summed E-state index contributed by atoms with van der Waals surface area (Å²) in [7, 11) is 6.64. The van der Waals surface area contributed by atoms with Crippen LogP contribution in [0.25, 0.3) is 10.8 Å². The average Bonchev–Trinajstić information content (AvgIpc) is 2.88. The maximum atomic E-state index is 5.63. The van der Waals surface area contributed by atoms with Crippen molar-refractivity contribution in [2.45, 2.75) is 19.4 Å². The summed E-state index contributed by atoms with van der Waals surface area (Å²) in [5.41, 5.74) is 3.55. The van der Waals surface area contributed by atoms with Crippen molar-refractivity contribution < 1.29 is 40.5 Å². The highest BCUT2D eigenvalue weighted by atomic mass is 79.9. The Hall–Kier alpha value is -3.25. The summed E-state index contributed by atoms with van der Waals surface area (Å²) in [5.74, 6) is 2.87. The molecule has 0 unspecified atom stereocenters. The number of hydrogen-bond donors (Lipinski definition) is 0. The van der Waals surface area contributed by atoms with Crippen molar-refractivity contribution in [2.24, 2.45) is 0 Å². The molecular weight excluding hydrogens is 494 g/mol. The topological polar surface area (TPSA) is 40.8 Å². The Labute approximate surface area is 211 Å². The van der Waals surface area contributed by atoms with Gasteiger partial charge in [-0.2, -0.15) is 4.57 Å². The third-order valence-electron chi connectivity index (χ3n) is 6.11. The lowest BCUT2D eigenvalue weighted by molar-refractivity contribution is -0.715. The lowest BCUT2D eigenvalue weighted by atomic mass is 9.99. The van der Waals surface area contributed by atoms with E-state index in [-0.39, 0.29) is 23.0 Å². The summed E-state index contributed by atoms with van der Waals surface area (Å²) in [4.78, 5) is 0. The first-order chi connectivity index (χ1) is 16.1. The Morgan fingerprint density at radius 2 is 1.32 bits per heavy atom. The average molecular weight is 524 g/mol. The number of benzene rings is 3. The first-order valence-electron chi connectivity index (χ1n) is 10.9. The molecule has 0 aliphatic rings. The zero-order valence-corrected chi connectivity index (χ0v) is 21.8. The second-order valence-electron chi connectivity index (χ2n) is 7.92. The van der Waals surface area contributed by atoms with Crippen molar-refractivity contribution in [2.75, 3.05) is 28.4 Å². The highest BCUT2D eigenvalue weighted by Gasteiger charge is 2.24. The van der Waals surface area contributed by atoms with E-state index in [4.69, 9.17) is 18.9 Å². The molecule has 34 heavy (non-hydrogen) atoms. The summed E-state index contributed by atoms with van der Waals surface area (Å²) >= 11 is 0. The van der Waals surface area contributed by atoms with Crippen LogP contribution in [0.5, 0.6) is 23.0 Å². The number of hydrogen-bond acceptors (Lipinski definition) is 4. The van der Waals surface area contributed by atoms with E-state index in [1.165, 1.54) is 11.3 Å². The van der Waals surface area contributed by atoms with Gasteiger partial charge in [0, 0.05) is 18.6 Å². The molecule has 6 heteroatoms. The first kappa shape index (κ1) is 25.4. The zero-order chi connectivity index (χ0) is 23.4. The van der Waals surface area contributed by atoms with Crippen molar-refractivity contribution in [1.29, 1.82) is 0 Å². The minimum atomic E-state index is 0. The lowest BCUT2D eigenvalue weighted by Gasteiger charge is -2.16. The van der Waals surface area contributed by atoms with Crippen LogP contribution in [0, 0.1) is 0 Å². The van der Waals surface area contributed by atoms with Gasteiger partial charge in [-0.25, -0.2) is 0 Å². The summed E-state index contributed by atoms with van der Waals surface area (Å²) in [5, 5.41) is 2.22. The SMILES string of the molecule is COc1ccc(Cc2c3cc(OC)c(OC)cc3cc[n+]2[C@@H](C)c2ccccc2)cc1OC.[Br-]. The molecule has 178 valence electrons. The van der Waals surface area contributed by atoms with Crippen LogP contribution in [0.3, 0.4) is 0 Å². The van der Waals surface area contributed by atoms with E-state index in [1.54, 1.807) is 28.4 Å². The van der Waals surface area contributed by atoms with E-state index in [9.17, 15) is 0 Å². The van der Waals surface area contributed by atoms with Gasteiger partial charge in [-0.1, -0.05) is 36.4 Å². The molecule has 0 saturated carbocycles. The largest absolute Gasteiger partial charge is 1.00 e. The highest BCUT2D eigenvalue weighted by molar-refractivity contribution is 5.87. The van der Waals surface area contributed by atoms with Gasteiger partial charge in [0.1, 0.15) is 0 Å². The molecule has 0 saturated heterocycles. The van der Waals surface area contributed by atoms with Crippen LogP contribution in [0.4, 0.5) is 0 Å². The van der Waals surface area contributed by atoms with Crippen LogP contribution in [0.1, 0.15) is 29.8 Å². The molecule has 0 radical (unpaired) electrons. The molecular formula is C28H30BrNO4. The van der Waals surface area contributed by atoms with Crippen LogP contribution in [-0.4, -0.2) is 28.4 Å². The van der Waals surface area contributed by atoms with E-state index in [0.29, 0.717) is 12.2 Å². The maximum absolute atomic E-state index is 5.63. The van der Waals surface area contributed by atoms with E-state index in [0.717, 1.165) is 33.6 Å². The first-order valence-corrected chi connectivity index (χ1v) is 10.9. The van der Waals surface area contributed by atoms with E-state index < -0.39 is 0 Å². The fourth-order valence-corrected chi connectivity index (χ4v) is 4.30. The minimum absolute atomic E-state index is 0. The van der Waals surface area contributed by atoms with Crippen molar-refractivity contribution in [3.8, 4) is 23.0 Å². The normalized spacial score (nSPS) is 11.4. The maximum Gasteiger partial charge on any atom is 0.194 e. The molecule has 0 bridgehead atoms. The molecule has 0 fully saturated rings. The monoisotopic (exact) mass is 523 g/mol. The molecule has 0 amide bonds. The van der Waals surface area contributed by atoms with Gasteiger partial charge < -0.3 is 35.9 Å². The van der Waals surface area contributed by atoms with Gasteiger partial charge >= 0.3 is 0 Å². The van der Waals surface area contributed by atoms with Gasteiger partial charge in [-0.15, -0.1) is 0 Å². The minimum Gasteiger partial charge on any atom is -1.00 e. The van der Waals surface area contributed by atoms with Crippen LogP contribution in [0.15, 0.2) is 72.9 Å². The quantitative estimate of drug-likeness (QED) is 0.332. The Morgan fingerprint density at radius 1 is 0.706 bits per heavy atom. The molecule has 1 aromatic heterocycles. The van der Waals surface area contributed by atoms with Crippen molar-refractivity contribution in [1.82, 2.24) is 0 Å². The molecule has 3 aromatic carbocycles. The second-order valence-corrected chi connectivity index (χ2v) is 7.92. The summed E-state index contributed by atoms with van der Waals surface area (Å²) in [6, 6.07) is 23.0. The second kappa shape index (κ2) is 11.3. The number of pyridine rings is 1. The van der Waals surface area contributed by atoms with Gasteiger partial charge in [-0.05, 0) is 35.2 Å². The smallest absolute Gasteiger partial charge is 0.194 e. The number of rotatable bonds is 8. The number of fused-ring (bicyclic) bond motifs is 1. The predicted molar refractivity (Wildman–Crippen MR) is 130 cm³/mol. The summed E-state index contributed by atoms with van der Waals surface area (Å²) < 4.78 is 24.5. The van der Waals surface area contributed by atoms with Gasteiger partial charge in [0.15, 0.2) is 40.9 Å². The number of ether oxygens (including phenoxy) is 4. The van der Waals surface area contributed by atoms with Gasteiger partial charge in [0.05, 0.1) is 40.2 Å². The van der Waals surface area contributed by atoms with E-state index in [1.807, 2.05) is 24.3 Å². The zero-order valence-electron chi connectivity index (χ0n) is 20.2. The molecule has 0 aliphatic carbocycles. The molecule has 5 nitrogen and oxygen atoms in total. The Kier molecular flexibility index (Phi) is 8.40. The molecule has 0 spiro atoms. The number of methoxy groups -OCH3 is 4. The molecule has 1 atom stereocenters. The number of aromatic nitrogens is 1. The van der Waals surface area contributed by atoms with Crippen LogP contribution < -0.4 is 40.5 Å². The molecule has 0 aliphatic heterocycles. The number of nitrogens with zero attached hydrogens (tertiary/aromatic N) is 1. The lowest BCUT2D eigenvalue weighted by Crippen LogP contribution is -3.00. The third-order valence-corrected chi connectivity index (χ3v) is 6.11. The Bertz CT molecular complexity index is 1260. The molecule has 1 heterocycles. The van der Waals surface area contributed by atoms with Crippen molar-refractivity contribution >= 4 is 10.8 Å². The molecule has 0 N–H and O–H groups in total. The Morgan fingerprint density at radius 3 is 1.97 bits per heavy atom. The van der Waals surface area contributed by atoms with Crippen LogP contribution in [0.2, 0.25) is 0 Å². The standard InChI is InChI=1S/C28H30NO4.BrH/c1-19(21-9-7-6-8-10-21)29-14-13-22-17-27(32-4)28(33-5)18-23(22)24(29)15-20-11-12-25(30-2)26(16-20)31-3;/h6-14,16-19H,15H2,1-5H3;1H/q+1;/p-1/t19-;/m0./s1. The fraction of sp³-hybridized carbons (Fsp3) is 0.250. The van der Waals surface area contributed by atoms with E-state index >= 15 is 0 Å². The van der Waals surface area contributed by atoms with Gasteiger partial charge in [0.2, 0.25) is 0 Å². The summed E-state index contributed by atoms with van der Waals surface area (Å²) in [6.07, 6.45) is 2.87. The third kappa shape index (κ3) is 4.97. The van der Waals surface area contributed by atoms with Crippen molar-refractivity contribution in [3.05, 3.63) is 89.7 Å². The van der Waals surface area contributed by atoms with E-state index in [2.05, 4.69) is 60.2 Å². The highest BCUT2D eigenvalue weighted by Crippen LogP contribution is 2.35. The summed E-state index contributed by atoms with van der Waals surface area (Å²) in [6.45, 7) is 2.22. The van der Waals surface area contributed by atoms with Crippen molar-refractivity contribution in [3.63, 3.8) is 0 Å². The van der Waals surface area contributed by atoms with Gasteiger partial charge in [0.25, 0.3) is 0 Å². The predicted octanol–water partition coefficient (Wildman–Crippen LogP) is 2.37.